The lowest BCUT2D eigenvalue weighted by Crippen LogP contribution is -2.53. The molecular weight excluding hydrogens is 390 g/mol. The van der Waals surface area contributed by atoms with Crippen LogP contribution in [0.2, 0.25) is 0 Å². The summed E-state index contributed by atoms with van der Waals surface area (Å²) in [5, 5.41) is 2.65. The molecule has 2 aliphatic heterocycles. The number of amides is 2. The number of rotatable bonds is 4. The third kappa shape index (κ3) is 3.21. The van der Waals surface area contributed by atoms with Crippen molar-refractivity contribution in [3.63, 3.8) is 0 Å². The van der Waals surface area contributed by atoms with Gasteiger partial charge in [-0.3, -0.25) is 19.8 Å². The zero-order valence-corrected chi connectivity index (χ0v) is 16.8. The molecule has 8 heteroatoms. The van der Waals surface area contributed by atoms with Gasteiger partial charge in [0, 0.05) is 29.7 Å². The van der Waals surface area contributed by atoms with Crippen LogP contribution in [0.15, 0.2) is 42.5 Å². The minimum absolute atomic E-state index is 0.0337. The molecule has 148 valence electrons. The average Bonchev–Trinajstić information content (AvgIpc) is 3.25. The molecule has 1 N–H and O–H groups in total. The Morgan fingerprint density at radius 2 is 1.97 bits per heavy atom. The number of carbonyl (C=O) groups excluding carboxylic acids is 2. The quantitative estimate of drug-likeness (QED) is 0.364. The molecule has 1 fully saturated rings. The maximum Gasteiger partial charge on any atom is 0.265 e. The Morgan fingerprint density at radius 3 is 2.72 bits per heavy atom. The summed E-state index contributed by atoms with van der Waals surface area (Å²) in [6.07, 6.45) is 3.16. The van der Waals surface area contributed by atoms with Gasteiger partial charge in [0.05, 0.1) is 0 Å². The number of carbonyl (C=O) groups is 2. The van der Waals surface area contributed by atoms with Gasteiger partial charge in [-0.25, -0.2) is 0 Å². The van der Waals surface area contributed by atoms with Crippen LogP contribution in [0.1, 0.15) is 17.0 Å². The van der Waals surface area contributed by atoms with E-state index in [1.54, 1.807) is 12.2 Å². The van der Waals surface area contributed by atoms with E-state index >= 15 is 0 Å². The van der Waals surface area contributed by atoms with Crippen LogP contribution in [0.25, 0.3) is 11.8 Å². The molecular formula is C21H19N3O4S. The van der Waals surface area contributed by atoms with Crippen LogP contribution >= 0.6 is 12.2 Å². The summed E-state index contributed by atoms with van der Waals surface area (Å²) in [5.74, 6) is 0.450. The SMILES string of the molecule is C=CCN1C(=O)C(=Cc2cc(C)n(-c3ccc4c(c3)OCO4)c2C)C(=O)NC1=S. The molecule has 2 amide bonds. The summed E-state index contributed by atoms with van der Waals surface area (Å²) in [6, 6.07) is 7.63. The molecule has 2 aromatic rings. The minimum atomic E-state index is -0.506. The van der Waals surface area contributed by atoms with E-state index in [0.717, 1.165) is 22.6 Å². The van der Waals surface area contributed by atoms with E-state index in [-0.39, 0.29) is 24.0 Å². The molecule has 0 radical (unpaired) electrons. The summed E-state index contributed by atoms with van der Waals surface area (Å²) in [6.45, 7) is 7.96. The molecule has 0 aliphatic carbocycles. The number of aryl methyl sites for hydroxylation is 1. The highest BCUT2D eigenvalue weighted by Gasteiger charge is 2.33. The highest BCUT2D eigenvalue weighted by atomic mass is 32.1. The number of aromatic nitrogens is 1. The maximum atomic E-state index is 12.8. The second-order valence-electron chi connectivity index (χ2n) is 6.72. The smallest absolute Gasteiger partial charge is 0.265 e. The molecule has 1 aromatic heterocycles. The van der Waals surface area contributed by atoms with Crippen molar-refractivity contribution in [2.24, 2.45) is 0 Å². The molecule has 29 heavy (non-hydrogen) atoms. The summed E-state index contributed by atoms with van der Waals surface area (Å²) >= 11 is 5.09. The van der Waals surface area contributed by atoms with Crippen LogP contribution in [0, 0.1) is 13.8 Å². The van der Waals surface area contributed by atoms with Gasteiger partial charge in [0.15, 0.2) is 16.6 Å². The molecule has 0 saturated carbocycles. The van der Waals surface area contributed by atoms with E-state index in [1.165, 1.54) is 4.90 Å². The highest BCUT2D eigenvalue weighted by Crippen LogP contribution is 2.35. The second-order valence-corrected chi connectivity index (χ2v) is 7.11. The first-order chi connectivity index (χ1) is 13.9. The van der Waals surface area contributed by atoms with Gasteiger partial charge in [-0.2, -0.15) is 0 Å². The summed E-state index contributed by atoms with van der Waals surface area (Å²) in [5.41, 5.74) is 3.55. The highest BCUT2D eigenvalue weighted by molar-refractivity contribution is 7.80. The monoisotopic (exact) mass is 409 g/mol. The van der Waals surface area contributed by atoms with Gasteiger partial charge in [-0.1, -0.05) is 6.08 Å². The van der Waals surface area contributed by atoms with Crippen molar-refractivity contribution in [2.45, 2.75) is 13.8 Å². The van der Waals surface area contributed by atoms with E-state index in [2.05, 4.69) is 11.9 Å². The molecule has 0 spiro atoms. The molecule has 0 atom stereocenters. The molecule has 7 nitrogen and oxygen atoms in total. The predicted octanol–water partition coefficient (Wildman–Crippen LogP) is 2.64. The Labute approximate surface area is 173 Å². The fourth-order valence-electron chi connectivity index (χ4n) is 3.50. The molecule has 2 aliphatic rings. The van der Waals surface area contributed by atoms with E-state index in [0.29, 0.717) is 11.5 Å². The van der Waals surface area contributed by atoms with Crippen LogP contribution < -0.4 is 14.8 Å². The zero-order valence-electron chi connectivity index (χ0n) is 16.0. The van der Waals surface area contributed by atoms with Crippen LogP contribution in [-0.4, -0.2) is 39.7 Å². The number of fused-ring (bicyclic) bond motifs is 1. The van der Waals surface area contributed by atoms with E-state index in [1.807, 2.05) is 42.7 Å². The minimum Gasteiger partial charge on any atom is -0.454 e. The third-order valence-electron chi connectivity index (χ3n) is 4.88. The Bertz CT molecular complexity index is 1100. The summed E-state index contributed by atoms with van der Waals surface area (Å²) in [7, 11) is 0. The third-order valence-corrected chi connectivity index (χ3v) is 5.20. The number of nitrogens with one attached hydrogen (secondary N) is 1. The Kier molecular flexibility index (Phi) is 4.71. The summed E-state index contributed by atoms with van der Waals surface area (Å²) < 4.78 is 12.9. The lowest BCUT2D eigenvalue weighted by atomic mass is 10.1. The van der Waals surface area contributed by atoms with Crippen molar-refractivity contribution in [1.82, 2.24) is 14.8 Å². The maximum absolute atomic E-state index is 12.8. The first-order valence-corrected chi connectivity index (χ1v) is 9.40. The van der Waals surface area contributed by atoms with E-state index < -0.39 is 11.8 Å². The van der Waals surface area contributed by atoms with Crippen molar-refractivity contribution < 1.29 is 19.1 Å². The van der Waals surface area contributed by atoms with E-state index in [9.17, 15) is 9.59 Å². The number of thiocarbonyl (C=S) groups is 1. The van der Waals surface area contributed by atoms with Crippen molar-refractivity contribution >= 4 is 35.2 Å². The second kappa shape index (κ2) is 7.21. The lowest BCUT2D eigenvalue weighted by molar-refractivity contribution is -0.128. The first-order valence-electron chi connectivity index (χ1n) is 8.99. The fourth-order valence-corrected chi connectivity index (χ4v) is 3.75. The van der Waals surface area contributed by atoms with Gasteiger partial charge in [0.25, 0.3) is 11.8 Å². The van der Waals surface area contributed by atoms with Gasteiger partial charge >= 0.3 is 0 Å². The normalized spacial score (nSPS) is 17.1. The summed E-state index contributed by atoms with van der Waals surface area (Å²) in [4.78, 5) is 26.5. The molecule has 0 unspecified atom stereocenters. The molecule has 0 bridgehead atoms. The van der Waals surface area contributed by atoms with Gasteiger partial charge in [0.2, 0.25) is 6.79 Å². The fraction of sp³-hybridized carbons (Fsp3) is 0.190. The average molecular weight is 409 g/mol. The molecule has 4 rings (SSSR count). The van der Waals surface area contributed by atoms with Gasteiger partial charge in [0.1, 0.15) is 5.57 Å². The van der Waals surface area contributed by atoms with E-state index in [4.69, 9.17) is 21.7 Å². The Balaban J connectivity index is 1.74. The van der Waals surface area contributed by atoms with Crippen molar-refractivity contribution in [3.8, 4) is 17.2 Å². The molecule has 1 saturated heterocycles. The van der Waals surface area contributed by atoms with Crippen LogP contribution in [-0.2, 0) is 9.59 Å². The zero-order chi connectivity index (χ0) is 20.7. The number of hydrogen-bond acceptors (Lipinski definition) is 5. The van der Waals surface area contributed by atoms with Crippen molar-refractivity contribution in [1.29, 1.82) is 0 Å². The van der Waals surface area contributed by atoms with Crippen LogP contribution in [0.5, 0.6) is 11.5 Å². The van der Waals surface area contributed by atoms with Gasteiger partial charge in [-0.15, -0.1) is 6.58 Å². The lowest BCUT2D eigenvalue weighted by Gasteiger charge is -2.27. The molecule has 1 aromatic carbocycles. The molecule has 3 heterocycles. The first kappa shape index (κ1) is 18.9. The number of hydrogen-bond donors (Lipinski definition) is 1. The number of ether oxygens (including phenoxy) is 2. The standard InChI is InChI=1S/C21H19N3O4S/c1-4-7-23-20(26)16(19(25)22-21(23)29)9-14-8-12(2)24(13(14)3)15-5-6-17-18(10-15)28-11-27-17/h4-6,8-10H,1,7,11H2,2-3H3,(H,22,25,29). The Hall–Kier alpha value is -3.39. The number of nitrogens with zero attached hydrogens (tertiary/aromatic N) is 2. The topological polar surface area (TPSA) is 72.8 Å². The van der Waals surface area contributed by atoms with Crippen LogP contribution in [0.3, 0.4) is 0 Å². The van der Waals surface area contributed by atoms with Crippen molar-refractivity contribution in [2.75, 3.05) is 13.3 Å². The Morgan fingerprint density at radius 1 is 1.21 bits per heavy atom. The van der Waals surface area contributed by atoms with Crippen LogP contribution in [0.4, 0.5) is 0 Å². The van der Waals surface area contributed by atoms with Gasteiger partial charge < -0.3 is 14.0 Å². The van der Waals surface area contributed by atoms with Gasteiger partial charge in [-0.05, 0) is 55.9 Å². The van der Waals surface area contributed by atoms with Crippen molar-refractivity contribution in [3.05, 3.63) is 59.4 Å². The number of benzene rings is 1. The predicted molar refractivity (Wildman–Crippen MR) is 112 cm³/mol. The largest absolute Gasteiger partial charge is 0.454 e.